The molecule has 31 heavy (non-hydrogen) atoms. The lowest BCUT2D eigenvalue weighted by atomic mass is 10.1. The van der Waals surface area contributed by atoms with Gasteiger partial charge in [0.2, 0.25) is 5.91 Å². The predicted octanol–water partition coefficient (Wildman–Crippen LogP) is 0.744. The van der Waals surface area contributed by atoms with Gasteiger partial charge in [-0.05, 0) is 24.3 Å². The fourth-order valence-electron chi connectivity index (χ4n) is 2.67. The molecule has 0 spiro atoms. The van der Waals surface area contributed by atoms with Crippen LogP contribution in [0.3, 0.4) is 0 Å². The van der Waals surface area contributed by atoms with E-state index in [1.54, 1.807) is 6.20 Å². The molecular formula is C18H20ClN7O4S. The molecule has 11 nitrogen and oxygen atoms in total. The van der Waals surface area contributed by atoms with Gasteiger partial charge in [-0.2, -0.15) is 0 Å². The van der Waals surface area contributed by atoms with Crippen molar-refractivity contribution in [3.8, 4) is 0 Å². The van der Waals surface area contributed by atoms with Crippen molar-refractivity contribution in [3.63, 3.8) is 0 Å². The third kappa shape index (κ3) is 6.55. The van der Waals surface area contributed by atoms with Crippen molar-refractivity contribution in [2.45, 2.75) is 23.8 Å². The van der Waals surface area contributed by atoms with Crippen molar-refractivity contribution in [2.24, 2.45) is 0 Å². The Morgan fingerprint density at radius 2 is 1.68 bits per heavy atom. The number of rotatable bonds is 9. The number of imidazole rings is 2. The summed E-state index contributed by atoms with van der Waals surface area (Å²) >= 11 is 5.76. The number of nitrogens with zero attached hydrogens (tertiary/aromatic N) is 2. The summed E-state index contributed by atoms with van der Waals surface area (Å²) in [6.07, 6.45) is 6.72. The van der Waals surface area contributed by atoms with Gasteiger partial charge in [-0.15, -0.1) is 0 Å². The first kappa shape index (κ1) is 22.3. The van der Waals surface area contributed by atoms with E-state index in [0.29, 0.717) is 23.7 Å². The Balaban J connectivity index is 1.63. The number of amides is 3. The van der Waals surface area contributed by atoms with Gasteiger partial charge in [0, 0.05) is 48.2 Å². The summed E-state index contributed by atoms with van der Waals surface area (Å²) in [5.74, 6) is -0.479. The highest BCUT2D eigenvalue weighted by Crippen LogP contribution is 2.13. The van der Waals surface area contributed by atoms with Crippen molar-refractivity contribution in [2.75, 3.05) is 6.54 Å². The molecule has 5 N–H and O–H groups in total. The van der Waals surface area contributed by atoms with E-state index in [1.165, 1.54) is 43.1 Å². The van der Waals surface area contributed by atoms with Gasteiger partial charge in [-0.1, -0.05) is 11.6 Å². The summed E-state index contributed by atoms with van der Waals surface area (Å²) in [4.78, 5) is 38.4. The molecule has 2 aromatic heterocycles. The number of carbonyl (C=O) groups is 2. The molecule has 13 heteroatoms. The molecule has 0 saturated carbocycles. The van der Waals surface area contributed by atoms with Crippen LogP contribution in [0.2, 0.25) is 5.02 Å². The van der Waals surface area contributed by atoms with Crippen LogP contribution in [0.5, 0.6) is 0 Å². The average molecular weight is 466 g/mol. The van der Waals surface area contributed by atoms with Gasteiger partial charge in [0.25, 0.3) is 10.0 Å². The quantitative estimate of drug-likeness (QED) is 0.313. The van der Waals surface area contributed by atoms with Gasteiger partial charge < -0.3 is 20.6 Å². The minimum atomic E-state index is -4.14. The van der Waals surface area contributed by atoms with E-state index < -0.39 is 28.0 Å². The summed E-state index contributed by atoms with van der Waals surface area (Å²) in [7, 11) is -4.14. The zero-order valence-corrected chi connectivity index (χ0v) is 17.7. The first-order chi connectivity index (χ1) is 14.8. The number of urea groups is 1. The third-order valence-corrected chi connectivity index (χ3v) is 5.80. The molecule has 3 amide bonds. The third-order valence-electron chi connectivity index (χ3n) is 4.20. The number of H-pyrrole nitrogens is 2. The summed E-state index contributed by atoms with van der Waals surface area (Å²) in [6, 6.07) is 3.24. The van der Waals surface area contributed by atoms with Crippen molar-refractivity contribution in [3.05, 3.63) is 65.7 Å². The molecule has 2 heterocycles. The maximum atomic E-state index is 12.6. The number of sulfonamides is 1. The summed E-state index contributed by atoms with van der Waals surface area (Å²) < 4.78 is 26.7. The maximum absolute atomic E-state index is 12.6. The van der Waals surface area contributed by atoms with E-state index in [0.717, 1.165) is 5.69 Å². The second kappa shape index (κ2) is 10.1. The molecule has 0 saturated heterocycles. The molecule has 0 unspecified atom stereocenters. The van der Waals surface area contributed by atoms with Crippen molar-refractivity contribution in [1.29, 1.82) is 0 Å². The molecular weight excluding hydrogens is 446 g/mol. The number of carbonyl (C=O) groups excluding carboxylic acids is 2. The molecule has 1 aromatic carbocycles. The molecule has 3 aromatic rings. The fourth-order valence-corrected chi connectivity index (χ4v) is 3.71. The first-order valence-corrected chi connectivity index (χ1v) is 11.0. The highest BCUT2D eigenvalue weighted by atomic mass is 35.5. The molecule has 0 aliphatic carbocycles. The van der Waals surface area contributed by atoms with E-state index in [-0.39, 0.29) is 11.3 Å². The average Bonchev–Trinajstić information content (AvgIpc) is 3.41. The molecule has 0 radical (unpaired) electrons. The van der Waals surface area contributed by atoms with Gasteiger partial charge in [-0.3, -0.25) is 4.79 Å². The molecule has 3 rings (SSSR count). The SMILES string of the molecule is O=C(N[C@@H](Cc1cnc[nH]1)C(=O)NCCc1cnc[nH]1)NS(=O)(=O)c1ccc(Cl)cc1. The van der Waals surface area contributed by atoms with Crippen LogP contribution in [0.25, 0.3) is 0 Å². The number of hydrogen-bond acceptors (Lipinski definition) is 6. The Kier molecular flexibility index (Phi) is 7.26. The molecule has 0 fully saturated rings. The highest BCUT2D eigenvalue weighted by molar-refractivity contribution is 7.90. The number of nitrogens with one attached hydrogen (secondary N) is 5. The number of aromatic amines is 2. The topological polar surface area (TPSA) is 162 Å². The molecule has 0 aliphatic rings. The Labute approximate surface area is 183 Å². The number of halogens is 1. The van der Waals surface area contributed by atoms with Crippen LogP contribution in [0.15, 0.2) is 54.2 Å². The van der Waals surface area contributed by atoms with E-state index in [2.05, 4.69) is 30.6 Å². The van der Waals surface area contributed by atoms with Crippen LogP contribution >= 0.6 is 11.6 Å². The number of aromatic nitrogens is 4. The van der Waals surface area contributed by atoms with E-state index >= 15 is 0 Å². The zero-order chi connectivity index (χ0) is 22.3. The Bertz CT molecular complexity index is 1100. The monoisotopic (exact) mass is 465 g/mol. The van der Waals surface area contributed by atoms with Gasteiger partial charge in [0.1, 0.15) is 6.04 Å². The largest absolute Gasteiger partial charge is 0.354 e. The minimum absolute atomic E-state index is 0.0876. The van der Waals surface area contributed by atoms with Gasteiger partial charge in [0.15, 0.2) is 0 Å². The second-order valence-electron chi connectivity index (χ2n) is 6.48. The lowest BCUT2D eigenvalue weighted by Gasteiger charge is -2.18. The Hall–Kier alpha value is -3.38. The fraction of sp³-hybridized carbons (Fsp3) is 0.222. The second-order valence-corrected chi connectivity index (χ2v) is 8.60. The van der Waals surface area contributed by atoms with Gasteiger partial charge >= 0.3 is 6.03 Å². The molecule has 0 aliphatic heterocycles. The lowest BCUT2D eigenvalue weighted by molar-refractivity contribution is -0.122. The highest BCUT2D eigenvalue weighted by Gasteiger charge is 2.24. The number of hydrogen-bond donors (Lipinski definition) is 5. The normalized spacial score (nSPS) is 12.2. The maximum Gasteiger partial charge on any atom is 0.329 e. The van der Waals surface area contributed by atoms with E-state index in [1.807, 2.05) is 4.72 Å². The van der Waals surface area contributed by atoms with Gasteiger partial charge in [0.05, 0.1) is 17.6 Å². The number of benzene rings is 1. The van der Waals surface area contributed by atoms with Crippen LogP contribution < -0.4 is 15.4 Å². The van der Waals surface area contributed by atoms with Crippen molar-refractivity contribution < 1.29 is 18.0 Å². The standard InChI is InChI=1S/C18H20ClN7O4S/c19-12-1-3-15(4-2-12)31(29,30)26-18(28)25-16(7-14-9-21-11-24-14)17(27)22-6-5-13-8-20-10-23-13/h1-4,8-11,16H,5-7H2,(H,20,23)(H,21,24)(H,22,27)(H2,25,26,28)/t16-/m0/s1. The predicted molar refractivity (Wildman–Crippen MR) is 112 cm³/mol. The molecule has 164 valence electrons. The molecule has 1 atom stereocenters. The van der Waals surface area contributed by atoms with Crippen LogP contribution in [0, 0.1) is 0 Å². The summed E-state index contributed by atoms with van der Waals surface area (Å²) in [6.45, 7) is 0.298. The summed E-state index contributed by atoms with van der Waals surface area (Å²) in [5.41, 5.74) is 1.43. The van der Waals surface area contributed by atoms with E-state index in [9.17, 15) is 18.0 Å². The summed E-state index contributed by atoms with van der Waals surface area (Å²) in [5, 5.41) is 5.47. The minimum Gasteiger partial charge on any atom is -0.354 e. The molecule has 0 bridgehead atoms. The Morgan fingerprint density at radius 1 is 1.03 bits per heavy atom. The zero-order valence-electron chi connectivity index (χ0n) is 16.1. The van der Waals surface area contributed by atoms with Crippen LogP contribution in [0.4, 0.5) is 4.79 Å². The first-order valence-electron chi connectivity index (χ1n) is 9.14. The van der Waals surface area contributed by atoms with Crippen LogP contribution in [0.1, 0.15) is 11.4 Å². The van der Waals surface area contributed by atoms with Crippen molar-refractivity contribution >= 4 is 33.6 Å². The lowest BCUT2D eigenvalue weighted by Crippen LogP contribution is -2.52. The Morgan fingerprint density at radius 3 is 2.29 bits per heavy atom. The van der Waals surface area contributed by atoms with Crippen LogP contribution in [-0.2, 0) is 27.7 Å². The van der Waals surface area contributed by atoms with E-state index in [4.69, 9.17) is 11.6 Å². The van der Waals surface area contributed by atoms with Gasteiger partial charge in [-0.25, -0.2) is 27.9 Å². The van der Waals surface area contributed by atoms with Crippen LogP contribution in [-0.4, -0.2) is 52.9 Å². The van der Waals surface area contributed by atoms with Crippen molar-refractivity contribution in [1.82, 2.24) is 35.3 Å². The smallest absolute Gasteiger partial charge is 0.329 e.